The molecule has 1 N–H and O–H groups in total. The van der Waals surface area contributed by atoms with E-state index < -0.39 is 11.9 Å². The van der Waals surface area contributed by atoms with Crippen LogP contribution in [0.15, 0.2) is 24.3 Å². The van der Waals surface area contributed by atoms with Crippen LogP contribution in [0, 0.1) is 11.3 Å². The molecule has 0 saturated carbocycles. The summed E-state index contributed by atoms with van der Waals surface area (Å²) in [6.07, 6.45) is 4.07. The molecule has 0 unspecified atom stereocenters. The molecule has 0 amide bonds. The Hall–Kier alpha value is -2.72. The molecule has 0 bridgehead atoms. The van der Waals surface area contributed by atoms with Crippen molar-refractivity contribution >= 4 is 22.8 Å². The van der Waals surface area contributed by atoms with E-state index in [1.165, 1.54) is 4.90 Å². The van der Waals surface area contributed by atoms with Gasteiger partial charge in [0.15, 0.2) is 11.7 Å². The number of para-hydroxylation sites is 2. The molecule has 0 spiro atoms. The zero-order valence-electron chi connectivity index (χ0n) is 17.4. The number of esters is 1. The molecule has 1 atom stereocenters. The molecule has 1 saturated heterocycles. The molecule has 0 aliphatic carbocycles. The number of carbonyl (C=O) groups excluding carboxylic acids is 1. The van der Waals surface area contributed by atoms with Crippen molar-refractivity contribution in [3.05, 3.63) is 30.0 Å². The lowest BCUT2D eigenvalue weighted by atomic mass is 10.1. The van der Waals surface area contributed by atoms with Gasteiger partial charge in [0.1, 0.15) is 5.69 Å². The van der Waals surface area contributed by atoms with Crippen LogP contribution < -0.4 is 9.80 Å². The van der Waals surface area contributed by atoms with E-state index in [-0.39, 0.29) is 0 Å². The summed E-state index contributed by atoms with van der Waals surface area (Å²) in [6.45, 7) is 6.06. The van der Waals surface area contributed by atoms with Crippen LogP contribution >= 0.6 is 0 Å². The van der Waals surface area contributed by atoms with Gasteiger partial charge in [-0.05, 0) is 18.6 Å². The summed E-state index contributed by atoms with van der Waals surface area (Å²) < 4.78 is 5.42. The average Bonchev–Trinajstić information content (AvgIpc) is 2.74. The SMILES string of the molecule is CCCCCCOC(=O)[C@@H](C#N)c1nc2ccccc2nc1N1CC[NH+](C)CC1. The van der Waals surface area contributed by atoms with Gasteiger partial charge in [-0.2, -0.15) is 5.26 Å². The summed E-state index contributed by atoms with van der Waals surface area (Å²) in [7, 11) is 2.16. The third kappa shape index (κ3) is 5.21. The van der Waals surface area contributed by atoms with Crippen LogP contribution in [0.5, 0.6) is 0 Å². The van der Waals surface area contributed by atoms with Gasteiger partial charge in [0.25, 0.3) is 0 Å². The average molecular weight is 397 g/mol. The number of likely N-dealkylation sites (N-methyl/N-ethyl adjacent to an activating group) is 1. The van der Waals surface area contributed by atoms with Gasteiger partial charge in [0.2, 0.25) is 0 Å². The number of rotatable bonds is 8. The van der Waals surface area contributed by atoms with Crippen molar-refractivity contribution in [3.8, 4) is 6.07 Å². The molecule has 2 heterocycles. The van der Waals surface area contributed by atoms with Crippen molar-refractivity contribution in [1.82, 2.24) is 9.97 Å². The second-order valence-electron chi connectivity index (χ2n) is 7.66. The third-order valence-electron chi connectivity index (χ3n) is 5.38. The molecule has 2 aromatic rings. The Balaban J connectivity index is 1.87. The first-order chi connectivity index (χ1) is 14.1. The number of quaternary nitrogens is 1. The maximum atomic E-state index is 12.7. The van der Waals surface area contributed by atoms with Gasteiger partial charge in [-0.3, -0.25) is 4.79 Å². The van der Waals surface area contributed by atoms with E-state index in [2.05, 4.69) is 29.9 Å². The Morgan fingerprint density at radius 2 is 1.90 bits per heavy atom. The first-order valence-electron chi connectivity index (χ1n) is 10.5. The number of aromatic nitrogens is 2. The number of hydrogen-bond donors (Lipinski definition) is 1. The molecule has 1 aromatic carbocycles. The van der Waals surface area contributed by atoms with Crippen LogP contribution in [-0.4, -0.2) is 55.8 Å². The van der Waals surface area contributed by atoms with E-state index in [1.54, 1.807) is 0 Å². The highest BCUT2D eigenvalue weighted by Crippen LogP contribution is 2.28. The molecule has 0 radical (unpaired) electrons. The fraction of sp³-hybridized carbons (Fsp3) is 0.545. The predicted molar refractivity (Wildman–Crippen MR) is 112 cm³/mol. The van der Waals surface area contributed by atoms with Crippen LogP contribution in [0.4, 0.5) is 5.82 Å². The van der Waals surface area contributed by atoms with Gasteiger partial charge in [0, 0.05) is 0 Å². The largest absolute Gasteiger partial charge is 0.464 e. The lowest BCUT2D eigenvalue weighted by Gasteiger charge is -2.32. The van der Waals surface area contributed by atoms with E-state index >= 15 is 0 Å². The van der Waals surface area contributed by atoms with E-state index in [4.69, 9.17) is 9.72 Å². The molecule has 1 aliphatic rings. The number of anilines is 1. The van der Waals surface area contributed by atoms with E-state index in [0.29, 0.717) is 23.6 Å². The number of fused-ring (bicyclic) bond motifs is 1. The van der Waals surface area contributed by atoms with Crippen molar-refractivity contribution in [2.75, 3.05) is 44.7 Å². The summed E-state index contributed by atoms with van der Waals surface area (Å²) in [6, 6.07) is 9.68. The minimum Gasteiger partial charge on any atom is -0.464 e. The minimum atomic E-state index is -1.07. The van der Waals surface area contributed by atoms with Crippen LogP contribution in [0.3, 0.4) is 0 Å². The Morgan fingerprint density at radius 1 is 1.21 bits per heavy atom. The van der Waals surface area contributed by atoms with Crippen molar-refractivity contribution in [3.63, 3.8) is 0 Å². The molecule has 7 nitrogen and oxygen atoms in total. The van der Waals surface area contributed by atoms with Gasteiger partial charge in [-0.25, -0.2) is 9.97 Å². The van der Waals surface area contributed by atoms with Crippen molar-refractivity contribution in [2.45, 2.75) is 38.5 Å². The Kier molecular flexibility index (Phi) is 7.36. The fourth-order valence-corrected chi connectivity index (χ4v) is 3.54. The number of nitrogens with one attached hydrogen (secondary N) is 1. The highest BCUT2D eigenvalue weighted by molar-refractivity contribution is 5.85. The van der Waals surface area contributed by atoms with Crippen LogP contribution in [0.25, 0.3) is 11.0 Å². The molecule has 7 heteroatoms. The lowest BCUT2D eigenvalue weighted by Crippen LogP contribution is -3.12. The number of ether oxygens (including phenoxy) is 1. The Morgan fingerprint density at radius 3 is 2.55 bits per heavy atom. The predicted octanol–water partition coefficient (Wildman–Crippen LogP) is 1.70. The van der Waals surface area contributed by atoms with E-state index in [9.17, 15) is 10.1 Å². The lowest BCUT2D eigenvalue weighted by molar-refractivity contribution is -0.880. The smallest absolute Gasteiger partial charge is 0.329 e. The summed E-state index contributed by atoms with van der Waals surface area (Å²) in [5, 5.41) is 9.79. The van der Waals surface area contributed by atoms with E-state index in [1.807, 2.05) is 24.3 Å². The van der Waals surface area contributed by atoms with Gasteiger partial charge in [-0.15, -0.1) is 0 Å². The summed E-state index contributed by atoms with van der Waals surface area (Å²) in [4.78, 5) is 25.8. The van der Waals surface area contributed by atoms with E-state index in [0.717, 1.165) is 57.4 Å². The number of nitrogens with zero attached hydrogens (tertiary/aromatic N) is 4. The number of nitriles is 1. The molecule has 29 heavy (non-hydrogen) atoms. The molecule has 1 aromatic heterocycles. The summed E-state index contributed by atoms with van der Waals surface area (Å²) in [5.74, 6) is -0.972. The van der Waals surface area contributed by atoms with Crippen molar-refractivity contribution in [2.24, 2.45) is 0 Å². The second-order valence-corrected chi connectivity index (χ2v) is 7.66. The highest BCUT2D eigenvalue weighted by Gasteiger charge is 2.31. The minimum absolute atomic E-state index is 0.339. The quantitative estimate of drug-likeness (QED) is 0.540. The number of piperazine rings is 1. The number of unbranched alkanes of at least 4 members (excludes halogenated alkanes) is 3. The molecule has 1 aliphatic heterocycles. The van der Waals surface area contributed by atoms with Gasteiger partial charge in [0.05, 0.1) is 56.9 Å². The topological polar surface area (TPSA) is 83.5 Å². The molecule has 3 rings (SSSR count). The second kappa shape index (κ2) is 10.2. The zero-order chi connectivity index (χ0) is 20.6. The number of benzene rings is 1. The number of carbonyl (C=O) groups is 1. The third-order valence-corrected chi connectivity index (χ3v) is 5.38. The van der Waals surface area contributed by atoms with Crippen LogP contribution in [0.1, 0.15) is 44.2 Å². The Labute approximate surface area is 172 Å². The first-order valence-corrected chi connectivity index (χ1v) is 10.5. The zero-order valence-corrected chi connectivity index (χ0v) is 17.4. The van der Waals surface area contributed by atoms with Gasteiger partial charge in [-0.1, -0.05) is 38.3 Å². The number of hydrogen-bond acceptors (Lipinski definition) is 6. The normalized spacial score (nSPS) is 15.8. The molecular formula is C22H30N5O2+. The maximum absolute atomic E-state index is 12.7. The molecule has 1 fully saturated rings. The highest BCUT2D eigenvalue weighted by atomic mass is 16.5. The van der Waals surface area contributed by atoms with Crippen molar-refractivity contribution in [1.29, 1.82) is 5.26 Å². The fourth-order valence-electron chi connectivity index (χ4n) is 3.54. The maximum Gasteiger partial charge on any atom is 0.329 e. The monoisotopic (exact) mass is 396 g/mol. The molecular weight excluding hydrogens is 366 g/mol. The van der Waals surface area contributed by atoms with Crippen LogP contribution in [-0.2, 0) is 9.53 Å². The van der Waals surface area contributed by atoms with Gasteiger partial charge >= 0.3 is 5.97 Å². The standard InChI is InChI=1S/C22H29N5O2/c1-3-4-5-8-15-29-22(28)17(16-23)20-21(27-13-11-26(2)12-14-27)25-19-10-7-6-9-18(19)24-20/h6-7,9-10,17H,3-5,8,11-15H2,1-2H3/p+1/t17-/m0/s1. The van der Waals surface area contributed by atoms with Crippen molar-refractivity contribution < 1.29 is 14.4 Å². The first kappa shape index (κ1) is 21.0. The summed E-state index contributed by atoms with van der Waals surface area (Å²) in [5.41, 5.74) is 1.86. The molecule has 154 valence electrons. The van der Waals surface area contributed by atoms with Crippen LogP contribution in [0.2, 0.25) is 0 Å². The Bertz CT molecular complexity index is 871. The van der Waals surface area contributed by atoms with Gasteiger partial charge < -0.3 is 14.5 Å². The summed E-state index contributed by atoms with van der Waals surface area (Å²) >= 11 is 0.